The molecule has 1 aromatic rings. The third-order valence-corrected chi connectivity index (χ3v) is 3.55. The quantitative estimate of drug-likeness (QED) is 0.835. The third kappa shape index (κ3) is 2.53. The van der Waals surface area contributed by atoms with Crippen LogP contribution in [0.15, 0.2) is 4.52 Å². The Morgan fingerprint density at radius 1 is 1.50 bits per heavy atom. The highest BCUT2D eigenvalue weighted by atomic mass is 16.5. The molecule has 3 atom stereocenters. The molecule has 1 aliphatic rings. The Bertz CT molecular complexity index is 427. The van der Waals surface area contributed by atoms with Crippen molar-refractivity contribution >= 4 is 5.97 Å². The molecule has 0 aliphatic heterocycles. The second-order valence-corrected chi connectivity index (χ2v) is 4.90. The molecule has 1 N–H and O–H groups in total. The molecule has 18 heavy (non-hydrogen) atoms. The van der Waals surface area contributed by atoms with E-state index in [4.69, 9.17) is 14.4 Å². The van der Waals surface area contributed by atoms with Gasteiger partial charge in [-0.2, -0.15) is 4.98 Å². The first-order valence-electron chi connectivity index (χ1n) is 6.13. The van der Waals surface area contributed by atoms with Gasteiger partial charge in [-0.1, -0.05) is 19.0 Å². The number of aromatic nitrogens is 2. The van der Waals surface area contributed by atoms with Gasteiger partial charge in [0, 0.05) is 13.0 Å². The van der Waals surface area contributed by atoms with E-state index < -0.39 is 11.9 Å². The van der Waals surface area contributed by atoms with Crippen LogP contribution in [0.1, 0.15) is 50.4 Å². The molecule has 0 spiro atoms. The molecule has 2 rings (SSSR count). The van der Waals surface area contributed by atoms with Crippen molar-refractivity contribution in [2.24, 2.45) is 11.8 Å². The van der Waals surface area contributed by atoms with E-state index in [1.54, 1.807) is 21.0 Å². The molecule has 100 valence electrons. The Kier molecular flexibility index (Phi) is 3.65. The van der Waals surface area contributed by atoms with Gasteiger partial charge in [-0.25, -0.2) is 0 Å². The average molecular weight is 254 g/mol. The van der Waals surface area contributed by atoms with Crippen molar-refractivity contribution in [1.82, 2.24) is 10.1 Å². The van der Waals surface area contributed by atoms with Crippen LogP contribution in [0.25, 0.3) is 0 Å². The summed E-state index contributed by atoms with van der Waals surface area (Å²) in [5, 5.41) is 12.9. The van der Waals surface area contributed by atoms with Gasteiger partial charge >= 0.3 is 5.97 Å². The summed E-state index contributed by atoms with van der Waals surface area (Å²) in [6, 6.07) is 0. The Morgan fingerprint density at radius 3 is 2.67 bits per heavy atom. The second-order valence-electron chi connectivity index (χ2n) is 4.90. The monoisotopic (exact) mass is 254 g/mol. The van der Waals surface area contributed by atoms with Gasteiger partial charge in [-0.3, -0.25) is 4.79 Å². The van der Waals surface area contributed by atoms with Crippen LogP contribution in [0.5, 0.6) is 0 Å². The zero-order valence-corrected chi connectivity index (χ0v) is 10.8. The molecule has 0 amide bonds. The Hall–Kier alpha value is -1.43. The molecular formula is C12H18N2O4. The van der Waals surface area contributed by atoms with Crippen LogP contribution in [0.4, 0.5) is 0 Å². The highest BCUT2D eigenvalue weighted by Crippen LogP contribution is 2.42. The van der Waals surface area contributed by atoms with Crippen LogP contribution in [-0.4, -0.2) is 28.3 Å². The van der Waals surface area contributed by atoms with E-state index in [1.807, 2.05) is 0 Å². The summed E-state index contributed by atoms with van der Waals surface area (Å²) in [6.07, 6.45) is 2.10. The van der Waals surface area contributed by atoms with Crippen LogP contribution in [-0.2, 0) is 9.53 Å². The number of hydrogen-bond donors (Lipinski definition) is 1. The number of carboxylic acids is 1. The molecule has 1 saturated carbocycles. The minimum Gasteiger partial charge on any atom is -0.481 e. The molecule has 1 fully saturated rings. The first kappa shape index (κ1) is 13.0. The number of ether oxygens (including phenoxy) is 1. The molecule has 0 saturated heterocycles. The normalized spacial score (nSPS) is 20.4. The molecule has 6 nitrogen and oxygen atoms in total. The summed E-state index contributed by atoms with van der Waals surface area (Å²) in [6.45, 7) is 3.40. The van der Waals surface area contributed by atoms with Crippen LogP contribution in [0.2, 0.25) is 0 Å². The molecule has 1 aliphatic carbocycles. The minimum absolute atomic E-state index is 0.130. The largest absolute Gasteiger partial charge is 0.481 e. The molecule has 6 heteroatoms. The van der Waals surface area contributed by atoms with Gasteiger partial charge in [-0.05, 0) is 18.8 Å². The van der Waals surface area contributed by atoms with E-state index >= 15 is 0 Å². The summed E-state index contributed by atoms with van der Waals surface area (Å²) in [5.74, 6) is -0.372. The summed E-state index contributed by atoms with van der Waals surface area (Å²) in [7, 11) is 1.63. The van der Waals surface area contributed by atoms with Gasteiger partial charge in [0.15, 0.2) is 0 Å². The lowest BCUT2D eigenvalue weighted by Crippen LogP contribution is -2.17. The number of carboxylic acid groups (broad SMARTS) is 1. The van der Waals surface area contributed by atoms with Gasteiger partial charge in [0.25, 0.3) is 0 Å². The molecule has 3 unspecified atom stereocenters. The Morgan fingerprint density at radius 2 is 2.17 bits per heavy atom. The fraction of sp³-hybridized carbons (Fsp3) is 0.750. The lowest BCUT2D eigenvalue weighted by Gasteiger charge is -2.11. The van der Waals surface area contributed by atoms with Crippen molar-refractivity contribution in [3.63, 3.8) is 0 Å². The second kappa shape index (κ2) is 5.06. The van der Waals surface area contributed by atoms with E-state index in [1.165, 1.54) is 0 Å². The highest BCUT2D eigenvalue weighted by Gasteiger charge is 2.36. The molecular weight excluding hydrogens is 236 g/mol. The number of methoxy groups -OCH3 is 1. The lowest BCUT2D eigenvalue weighted by atomic mass is 9.96. The zero-order valence-electron chi connectivity index (χ0n) is 10.8. The van der Waals surface area contributed by atoms with E-state index in [2.05, 4.69) is 10.1 Å². The van der Waals surface area contributed by atoms with E-state index in [0.717, 1.165) is 12.8 Å². The van der Waals surface area contributed by atoms with Crippen molar-refractivity contribution in [2.75, 3.05) is 7.11 Å². The average Bonchev–Trinajstić information content (AvgIpc) is 3.05. The topological polar surface area (TPSA) is 85.5 Å². The first-order valence-corrected chi connectivity index (χ1v) is 6.13. The van der Waals surface area contributed by atoms with Crippen molar-refractivity contribution in [2.45, 2.75) is 38.7 Å². The maximum atomic E-state index is 10.9. The van der Waals surface area contributed by atoms with Crippen molar-refractivity contribution in [3.8, 4) is 0 Å². The number of carbonyl (C=O) groups is 1. The number of nitrogens with zero attached hydrogens (tertiary/aromatic N) is 2. The van der Waals surface area contributed by atoms with Crippen LogP contribution < -0.4 is 0 Å². The number of rotatable bonds is 6. The maximum absolute atomic E-state index is 10.9. The van der Waals surface area contributed by atoms with Crippen molar-refractivity contribution < 1.29 is 19.2 Å². The predicted octanol–water partition coefficient (Wildman–Crippen LogP) is 1.99. The maximum Gasteiger partial charge on any atom is 0.307 e. The molecule has 1 heterocycles. The zero-order chi connectivity index (χ0) is 13.3. The molecule has 0 aromatic carbocycles. The first-order chi connectivity index (χ1) is 8.54. The van der Waals surface area contributed by atoms with Crippen molar-refractivity contribution in [1.29, 1.82) is 0 Å². The van der Waals surface area contributed by atoms with E-state index in [9.17, 15) is 4.79 Å². The van der Waals surface area contributed by atoms with Gasteiger partial charge in [0.2, 0.25) is 11.7 Å². The van der Waals surface area contributed by atoms with Crippen LogP contribution in [0, 0.1) is 11.8 Å². The van der Waals surface area contributed by atoms with Gasteiger partial charge in [0.05, 0.1) is 5.92 Å². The fourth-order valence-corrected chi connectivity index (χ4v) is 1.88. The Labute approximate surface area is 105 Å². The van der Waals surface area contributed by atoms with Crippen LogP contribution in [0.3, 0.4) is 0 Å². The summed E-state index contributed by atoms with van der Waals surface area (Å²) in [5.41, 5.74) is 0. The predicted molar refractivity (Wildman–Crippen MR) is 62.0 cm³/mol. The molecule has 0 radical (unpaired) electrons. The fourth-order valence-electron chi connectivity index (χ4n) is 1.88. The SMILES string of the molecule is COC(c1noc(C(C)C(C)C(=O)O)n1)C1CC1. The molecule has 1 aromatic heterocycles. The standard InChI is InChI=1S/C12H18N2O4/c1-6(7(2)12(15)16)11-13-10(14-18-11)9(17-3)8-4-5-8/h6-9H,4-5H2,1-3H3,(H,15,16). The van der Waals surface area contributed by atoms with Gasteiger partial charge < -0.3 is 14.4 Å². The summed E-state index contributed by atoms with van der Waals surface area (Å²) in [4.78, 5) is 15.2. The van der Waals surface area contributed by atoms with Crippen LogP contribution >= 0.6 is 0 Å². The highest BCUT2D eigenvalue weighted by molar-refractivity contribution is 5.70. The van der Waals surface area contributed by atoms with E-state index in [0.29, 0.717) is 17.6 Å². The smallest absolute Gasteiger partial charge is 0.307 e. The van der Waals surface area contributed by atoms with Crippen molar-refractivity contribution in [3.05, 3.63) is 11.7 Å². The lowest BCUT2D eigenvalue weighted by molar-refractivity contribution is -0.141. The van der Waals surface area contributed by atoms with E-state index in [-0.39, 0.29) is 12.0 Å². The third-order valence-electron chi connectivity index (χ3n) is 3.55. The summed E-state index contributed by atoms with van der Waals surface area (Å²) < 4.78 is 10.5. The summed E-state index contributed by atoms with van der Waals surface area (Å²) >= 11 is 0. The Balaban J connectivity index is 2.11. The molecule has 0 bridgehead atoms. The van der Waals surface area contributed by atoms with Gasteiger partial charge in [0.1, 0.15) is 6.10 Å². The number of aliphatic carboxylic acids is 1. The number of hydrogen-bond acceptors (Lipinski definition) is 5. The van der Waals surface area contributed by atoms with Gasteiger partial charge in [-0.15, -0.1) is 0 Å². The minimum atomic E-state index is -0.868.